The fraction of sp³-hybridized carbons (Fsp3) is 0.923. The minimum atomic E-state index is -3.41. The first-order chi connectivity index (χ1) is 9.30. The number of rotatable bonds is 8. The van der Waals surface area contributed by atoms with Crippen LogP contribution < -0.4 is 4.72 Å². The van der Waals surface area contributed by atoms with E-state index in [4.69, 9.17) is 9.84 Å². The molecule has 1 aliphatic rings. The molecule has 1 rings (SSSR count). The van der Waals surface area contributed by atoms with E-state index in [-0.39, 0.29) is 24.1 Å². The van der Waals surface area contributed by atoms with Gasteiger partial charge in [0.2, 0.25) is 10.0 Å². The molecule has 2 N–H and O–H groups in total. The van der Waals surface area contributed by atoms with Crippen molar-refractivity contribution in [3.8, 4) is 0 Å². The van der Waals surface area contributed by atoms with Crippen LogP contribution in [0, 0.1) is 17.8 Å². The molecule has 0 aromatic heterocycles. The third-order valence-corrected chi connectivity index (χ3v) is 4.97. The Morgan fingerprint density at radius 2 is 1.95 bits per heavy atom. The average Bonchev–Trinajstić information content (AvgIpc) is 2.34. The third-order valence-electron chi connectivity index (χ3n) is 3.45. The molecule has 1 fully saturated rings. The number of carboxylic acid groups (broad SMARTS) is 1. The Morgan fingerprint density at radius 1 is 1.35 bits per heavy atom. The topological polar surface area (TPSA) is 92.7 Å². The van der Waals surface area contributed by atoms with Gasteiger partial charge < -0.3 is 9.84 Å². The summed E-state index contributed by atoms with van der Waals surface area (Å²) < 4.78 is 31.6. The van der Waals surface area contributed by atoms with Crippen LogP contribution in [0.4, 0.5) is 0 Å². The van der Waals surface area contributed by atoms with Crippen LogP contribution in [0.5, 0.6) is 0 Å². The number of carboxylic acids is 1. The summed E-state index contributed by atoms with van der Waals surface area (Å²) >= 11 is 0. The van der Waals surface area contributed by atoms with Gasteiger partial charge in [-0.05, 0) is 31.1 Å². The summed E-state index contributed by atoms with van der Waals surface area (Å²) in [5, 5.41) is 9.09. The molecule has 1 atom stereocenters. The van der Waals surface area contributed by atoms with E-state index in [9.17, 15) is 13.2 Å². The van der Waals surface area contributed by atoms with Crippen LogP contribution in [0.1, 0.15) is 33.1 Å². The Kier molecular flexibility index (Phi) is 6.91. The molecular formula is C13H25NO5S. The first-order valence-electron chi connectivity index (χ1n) is 7.08. The largest absolute Gasteiger partial charge is 0.481 e. The SMILES string of the molecule is CC(C)CC(CNS(=O)(=O)CC1CCOCC1)C(=O)O. The Labute approximate surface area is 120 Å². The molecule has 0 saturated carbocycles. The van der Waals surface area contributed by atoms with Crippen LogP contribution in [0.25, 0.3) is 0 Å². The van der Waals surface area contributed by atoms with Gasteiger partial charge in [-0.2, -0.15) is 0 Å². The number of hydrogen-bond donors (Lipinski definition) is 2. The maximum absolute atomic E-state index is 12.0. The lowest BCUT2D eigenvalue weighted by Gasteiger charge is -2.22. The van der Waals surface area contributed by atoms with E-state index in [2.05, 4.69) is 4.72 Å². The second kappa shape index (κ2) is 7.95. The van der Waals surface area contributed by atoms with Gasteiger partial charge >= 0.3 is 5.97 Å². The van der Waals surface area contributed by atoms with Crippen LogP contribution in [0.15, 0.2) is 0 Å². The highest BCUT2D eigenvalue weighted by molar-refractivity contribution is 7.89. The van der Waals surface area contributed by atoms with Crippen molar-refractivity contribution in [3.05, 3.63) is 0 Å². The fourth-order valence-corrected chi connectivity index (χ4v) is 3.88. The van der Waals surface area contributed by atoms with Crippen molar-refractivity contribution >= 4 is 16.0 Å². The molecule has 0 aromatic carbocycles. The van der Waals surface area contributed by atoms with Gasteiger partial charge in [0.05, 0.1) is 11.7 Å². The molecule has 0 aliphatic carbocycles. The Bertz CT molecular complexity index is 401. The summed E-state index contributed by atoms with van der Waals surface area (Å²) in [5.41, 5.74) is 0. The van der Waals surface area contributed by atoms with Crippen molar-refractivity contribution in [2.45, 2.75) is 33.1 Å². The lowest BCUT2D eigenvalue weighted by molar-refractivity contribution is -0.142. The van der Waals surface area contributed by atoms with Gasteiger partial charge in [0.1, 0.15) is 0 Å². The number of carbonyl (C=O) groups is 1. The first-order valence-corrected chi connectivity index (χ1v) is 8.73. The van der Waals surface area contributed by atoms with Gasteiger partial charge in [0.15, 0.2) is 0 Å². The summed E-state index contributed by atoms with van der Waals surface area (Å²) in [4.78, 5) is 11.1. The van der Waals surface area contributed by atoms with Crippen molar-refractivity contribution in [2.24, 2.45) is 17.8 Å². The quantitative estimate of drug-likeness (QED) is 0.700. The molecule has 7 heteroatoms. The van der Waals surface area contributed by atoms with Gasteiger partial charge in [0, 0.05) is 19.8 Å². The van der Waals surface area contributed by atoms with Crippen molar-refractivity contribution in [2.75, 3.05) is 25.5 Å². The maximum atomic E-state index is 12.0. The van der Waals surface area contributed by atoms with Gasteiger partial charge in [-0.25, -0.2) is 13.1 Å². The molecule has 20 heavy (non-hydrogen) atoms. The summed E-state index contributed by atoms with van der Waals surface area (Å²) in [6.45, 7) is 5.02. The zero-order valence-corrected chi connectivity index (χ0v) is 13.0. The zero-order chi connectivity index (χ0) is 15.2. The van der Waals surface area contributed by atoms with E-state index < -0.39 is 21.9 Å². The lowest BCUT2D eigenvalue weighted by Crippen LogP contribution is -2.37. The number of nitrogens with one attached hydrogen (secondary N) is 1. The molecule has 1 unspecified atom stereocenters. The highest BCUT2D eigenvalue weighted by Gasteiger charge is 2.25. The Morgan fingerprint density at radius 3 is 2.45 bits per heavy atom. The minimum absolute atomic E-state index is 0.0287. The van der Waals surface area contributed by atoms with Crippen LogP contribution in [-0.2, 0) is 19.6 Å². The second-order valence-corrected chi connectivity index (χ2v) is 7.70. The predicted molar refractivity (Wildman–Crippen MR) is 75.9 cm³/mol. The number of aliphatic carboxylic acids is 1. The van der Waals surface area contributed by atoms with Crippen LogP contribution in [0.2, 0.25) is 0 Å². The zero-order valence-electron chi connectivity index (χ0n) is 12.2. The predicted octanol–water partition coefficient (Wildman–Crippen LogP) is 1.08. The monoisotopic (exact) mass is 307 g/mol. The van der Waals surface area contributed by atoms with Gasteiger partial charge in [-0.3, -0.25) is 4.79 Å². The van der Waals surface area contributed by atoms with Crippen LogP contribution in [-0.4, -0.2) is 45.0 Å². The van der Waals surface area contributed by atoms with Gasteiger partial charge in [-0.1, -0.05) is 13.8 Å². The number of ether oxygens (including phenoxy) is 1. The Hall–Kier alpha value is -0.660. The maximum Gasteiger partial charge on any atom is 0.307 e. The molecule has 1 saturated heterocycles. The van der Waals surface area contributed by atoms with Crippen LogP contribution in [0.3, 0.4) is 0 Å². The molecule has 0 radical (unpaired) electrons. The fourth-order valence-electron chi connectivity index (χ4n) is 2.35. The van der Waals surface area contributed by atoms with Crippen molar-refractivity contribution in [1.29, 1.82) is 0 Å². The second-order valence-electron chi connectivity index (χ2n) is 5.85. The molecule has 1 heterocycles. The molecule has 118 valence electrons. The van der Waals surface area contributed by atoms with Gasteiger partial charge in [0.25, 0.3) is 0 Å². The molecule has 6 nitrogen and oxygen atoms in total. The van der Waals surface area contributed by atoms with E-state index in [0.29, 0.717) is 19.6 Å². The van der Waals surface area contributed by atoms with E-state index in [1.165, 1.54) is 0 Å². The van der Waals surface area contributed by atoms with E-state index in [1.54, 1.807) is 0 Å². The van der Waals surface area contributed by atoms with Crippen molar-refractivity contribution in [1.82, 2.24) is 4.72 Å². The summed E-state index contributed by atoms with van der Waals surface area (Å²) in [6.07, 6.45) is 1.96. The average molecular weight is 307 g/mol. The first kappa shape index (κ1) is 17.4. The molecular weight excluding hydrogens is 282 g/mol. The third kappa shape index (κ3) is 6.67. The molecule has 1 aliphatic heterocycles. The molecule has 0 bridgehead atoms. The summed E-state index contributed by atoms with van der Waals surface area (Å²) in [5.74, 6) is -1.23. The van der Waals surface area contributed by atoms with E-state index >= 15 is 0 Å². The Balaban J connectivity index is 2.45. The number of hydrogen-bond acceptors (Lipinski definition) is 4. The standard InChI is InChI=1S/C13H25NO5S/c1-10(2)7-12(13(15)16)8-14-20(17,18)9-11-3-5-19-6-4-11/h10-12,14H,3-9H2,1-2H3,(H,15,16). The summed E-state index contributed by atoms with van der Waals surface area (Å²) in [6, 6.07) is 0. The molecule has 0 spiro atoms. The van der Waals surface area contributed by atoms with Crippen LogP contribution >= 0.6 is 0 Å². The normalized spacial score (nSPS) is 19.1. The highest BCUT2D eigenvalue weighted by Crippen LogP contribution is 2.17. The van der Waals surface area contributed by atoms with Gasteiger partial charge in [-0.15, -0.1) is 0 Å². The lowest BCUT2D eigenvalue weighted by atomic mass is 9.98. The summed E-state index contributed by atoms with van der Waals surface area (Å²) in [7, 11) is -3.41. The molecule has 0 amide bonds. The smallest absolute Gasteiger partial charge is 0.307 e. The van der Waals surface area contributed by atoms with E-state index in [0.717, 1.165) is 12.8 Å². The number of sulfonamides is 1. The molecule has 0 aromatic rings. The van der Waals surface area contributed by atoms with E-state index in [1.807, 2.05) is 13.8 Å². The minimum Gasteiger partial charge on any atom is -0.481 e. The van der Waals surface area contributed by atoms with Crippen molar-refractivity contribution < 1.29 is 23.1 Å². The highest BCUT2D eigenvalue weighted by atomic mass is 32.2. The van der Waals surface area contributed by atoms with Crippen molar-refractivity contribution in [3.63, 3.8) is 0 Å².